The van der Waals surface area contributed by atoms with E-state index < -0.39 is 0 Å². The minimum atomic E-state index is 1.20. The van der Waals surface area contributed by atoms with Crippen molar-refractivity contribution < 1.29 is 0 Å². The Morgan fingerprint density at radius 1 is 0.833 bits per heavy atom. The summed E-state index contributed by atoms with van der Waals surface area (Å²) in [6.45, 7) is 8.86. The van der Waals surface area contributed by atoms with Crippen LogP contribution in [0.5, 0.6) is 0 Å². The fourth-order valence-corrected chi connectivity index (χ4v) is 2.81. The average Bonchev–Trinajstić information content (AvgIpc) is 2.67. The highest BCUT2D eigenvalue weighted by molar-refractivity contribution is 5.99. The van der Waals surface area contributed by atoms with Gasteiger partial charge in [0.05, 0.1) is 0 Å². The second-order valence-electron chi connectivity index (χ2n) is 5.19. The molecule has 1 aliphatic rings. The zero-order valence-electron chi connectivity index (χ0n) is 11.8. The molecule has 0 N–H and O–H groups in total. The molecule has 0 nitrogen and oxygen atoms in total. The lowest BCUT2D eigenvalue weighted by atomic mass is 9.97. The maximum atomic E-state index is 4.33. The zero-order valence-corrected chi connectivity index (χ0v) is 11.8. The van der Waals surface area contributed by atoms with E-state index in [1.54, 1.807) is 5.57 Å². The summed E-state index contributed by atoms with van der Waals surface area (Å²) in [6.07, 6.45) is 7.49. The maximum Gasteiger partial charge on any atom is -0.0112 e. The molecule has 0 aromatic heterocycles. The van der Waals surface area contributed by atoms with Crippen LogP contribution in [0.2, 0.25) is 0 Å². The third-order valence-corrected chi connectivity index (χ3v) is 3.87. The number of hydrogen-bond donors (Lipinski definition) is 0. The molecule has 1 aromatic rings. The largest absolute Gasteiger partial charge is 0.0909 e. The lowest BCUT2D eigenvalue weighted by molar-refractivity contribution is 0.790. The summed E-state index contributed by atoms with van der Waals surface area (Å²) in [5, 5.41) is 0. The minimum absolute atomic E-state index is 1.20. The Labute approximate surface area is 111 Å². The number of hydrogen-bond acceptors (Lipinski definition) is 0. The molecule has 0 radical (unpaired) electrons. The fourth-order valence-electron chi connectivity index (χ4n) is 2.81. The molecule has 0 heteroatoms. The molecule has 1 aromatic carbocycles. The third kappa shape index (κ3) is 2.43. The van der Waals surface area contributed by atoms with E-state index in [-0.39, 0.29) is 0 Å². The zero-order chi connectivity index (χ0) is 13.0. The second-order valence-corrected chi connectivity index (χ2v) is 5.19. The molecule has 0 aliphatic heterocycles. The summed E-state index contributed by atoms with van der Waals surface area (Å²) in [5.74, 6) is 0. The number of fused-ring (bicyclic) bond motifs is 1. The molecule has 0 unspecified atom stereocenters. The lowest BCUT2D eigenvalue weighted by Gasteiger charge is -2.08. The Morgan fingerprint density at radius 3 is 2.00 bits per heavy atom. The molecular weight excluding hydrogens is 216 g/mol. The standard InChI is InChI=1S/C18H24/c1-4-6-10-15-14(3)16-12-8-9-13-18(16)17(15)11-7-5-2/h8-9,12-13H,3-7,10-11H2,1-2H3. The van der Waals surface area contributed by atoms with Crippen LogP contribution in [0.1, 0.15) is 63.5 Å². The number of allylic oxidation sites excluding steroid dienone is 3. The van der Waals surface area contributed by atoms with Gasteiger partial charge in [-0.15, -0.1) is 0 Å². The van der Waals surface area contributed by atoms with E-state index in [0.29, 0.717) is 0 Å². The Bertz CT molecular complexity index is 463. The molecule has 0 amide bonds. The molecule has 0 bridgehead atoms. The van der Waals surface area contributed by atoms with Gasteiger partial charge in [0.1, 0.15) is 0 Å². The molecule has 0 atom stereocenters. The van der Waals surface area contributed by atoms with Gasteiger partial charge in [0.25, 0.3) is 0 Å². The molecule has 96 valence electrons. The van der Waals surface area contributed by atoms with Crippen LogP contribution in [0.3, 0.4) is 0 Å². The van der Waals surface area contributed by atoms with Crippen LogP contribution in [0.4, 0.5) is 0 Å². The Hall–Kier alpha value is -1.30. The highest BCUT2D eigenvalue weighted by Gasteiger charge is 2.23. The van der Waals surface area contributed by atoms with Crippen molar-refractivity contribution in [3.05, 3.63) is 47.5 Å². The molecule has 0 saturated carbocycles. The van der Waals surface area contributed by atoms with Crippen molar-refractivity contribution in [3.8, 4) is 0 Å². The number of unbranched alkanes of at least 4 members (excludes halogenated alkanes) is 2. The highest BCUT2D eigenvalue weighted by Crippen LogP contribution is 2.44. The molecule has 0 saturated heterocycles. The Balaban J connectivity index is 2.34. The average molecular weight is 240 g/mol. The van der Waals surface area contributed by atoms with Crippen LogP contribution in [-0.2, 0) is 0 Å². The first kappa shape index (κ1) is 13.1. The van der Waals surface area contributed by atoms with Crippen molar-refractivity contribution >= 4 is 11.1 Å². The summed E-state index contributed by atoms with van der Waals surface area (Å²) >= 11 is 0. The van der Waals surface area contributed by atoms with Gasteiger partial charge in [0.15, 0.2) is 0 Å². The number of benzene rings is 1. The van der Waals surface area contributed by atoms with Crippen molar-refractivity contribution in [3.63, 3.8) is 0 Å². The highest BCUT2D eigenvalue weighted by atomic mass is 14.3. The Morgan fingerprint density at radius 2 is 1.39 bits per heavy atom. The van der Waals surface area contributed by atoms with E-state index >= 15 is 0 Å². The van der Waals surface area contributed by atoms with Crippen LogP contribution in [0.15, 0.2) is 36.4 Å². The van der Waals surface area contributed by atoms with Gasteiger partial charge in [-0.2, -0.15) is 0 Å². The van der Waals surface area contributed by atoms with Gasteiger partial charge < -0.3 is 0 Å². The van der Waals surface area contributed by atoms with E-state index in [1.807, 2.05) is 0 Å². The van der Waals surface area contributed by atoms with E-state index in [9.17, 15) is 0 Å². The summed E-state index contributed by atoms with van der Waals surface area (Å²) in [5.41, 5.74) is 7.21. The van der Waals surface area contributed by atoms with Gasteiger partial charge in [-0.25, -0.2) is 0 Å². The molecule has 0 spiro atoms. The van der Waals surface area contributed by atoms with Crippen LogP contribution < -0.4 is 0 Å². The predicted octanol–water partition coefficient (Wildman–Crippen LogP) is 5.85. The van der Waals surface area contributed by atoms with Crippen molar-refractivity contribution in [2.45, 2.75) is 52.4 Å². The second kappa shape index (κ2) is 6.04. The monoisotopic (exact) mass is 240 g/mol. The van der Waals surface area contributed by atoms with E-state index in [2.05, 4.69) is 44.7 Å². The van der Waals surface area contributed by atoms with Crippen molar-refractivity contribution in [1.82, 2.24) is 0 Å². The molecular formula is C18H24. The fraction of sp³-hybridized carbons (Fsp3) is 0.444. The normalized spacial score (nSPS) is 14.2. The summed E-state index contributed by atoms with van der Waals surface area (Å²) in [6, 6.07) is 8.78. The lowest BCUT2D eigenvalue weighted by Crippen LogP contribution is -1.86. The topological polar surface area (TPSA) is 0 Å². The van der Waals surface area contributed by atoms with Gasteiger partial charge >= 0.3 is 0 Å². The molecule has 2 rings (SSSR count). The molecule has 0 heterocycles. The maximum absolute atomic E-state index is 4.33. The van der Waals surface area contributed by atoms with E-state index in [1.165, 1.54) is 60.8 Å². The predicted molar refractivity (Wildman–Crippen MR) is 81.4 cm³/mol. The van der Waals surface area contributed by atoms with Gasteiger partial charge in [-0.3, -0.25) is 0 Å². The molecule has 0 fully saturated rings. The van der Waals surface area contributed by atoms with Crippen LogP contribution in [-0.4, -0.2) is 0 Å². The van der Waals surface area contributed by atoms with Gasteiger partial charge in [0.2, 0.25) is 0 Å². The van der Waals surface area contributed by atoms with E-state index in [0.717, 1.165) is 0 Å². The minimum Gasteiger partial charge on any atom is -0.0909 e. The molecule has 1 aliphatic carbocycles. The van der Waals surface area contributed by atoms with Crippen molar-refractivity contribution in [2.24, 2.45) is 0 Å². The van der Waals surface area contributed by atoms with Gasteiger partial charge in [-0.1, -0.05) is 57.5 Å². The summed E-state index contributed by atoms with van der Waals surface area (Å²) < 4.78 is 0. The van der Waals surface area contributed by atoms with Gasteiger partial charge in [0, 0.05) is 0 Å². The van der Waals surface area contributed by atoms with E-state index in [4.69, 9.17) is 0 Å². The van der Waals surface area contributed by atoms with Crippen LogP contribution in [0.25, 0.3) is 11.1 Å². The van der Waals surface area contributed by atoms with Crippen LogP contribution in [0, 0.1) is 0 Å². The van der Waals surface area contributed by atoms with Crippen LogP contribution >= 0.6 is 0 Å². The smallest absolute Gasteiger partial charge is 0.0112 e. The first-order chi connectivity index (χ1) is 8.79. The quantitative estimate of drug-likeness (QED) is 0.585. The Kier molecular flexibility index (Phi) is 4.41. The van der Waals surface area contributed by atoms with Crippen molar-refractivity contribution in [2.75, 3.05) is 0 Å². The molecule has 18 heavy (non-hydrogen) atoms. The summed E-state index contributed by atoms with van der Waals surface area (Å²) in [4.78, 5) is 0. The third-order valence-electron chi connectivity index (χ3n) is 3.87. The van der Waals surface area contributed by atoms with Crippen molar-refractivity contribution in [1.29, 1.82) is 0 Å². The first-order valence-electron chi connectivity index (χ1n) is 7.30. The SMILES string of the molecule is C=C1C(CCCC)=C(CCCC)c2ccccc21. The number of rotatable bonds is 6. The van der Waals surface area contributed by atoms with Gasteiger partial charge in [-0.05, 0) is 53.5 Å². The first-order valence-corrected chi connectivity index (χ1v) is 7.30. The summed E-state index contributed by atoms with van der Waals surface area (Å²) in [7, 11) is 0.